The summed E-state index contributed by atoms with van der Waals surface area (Å²) in [5.41, 5.74) is 0.273. The highest BCUT2D eigenvalue weighted by Crippen LogP contribution is 2.66. The van der Waals surface area contributed by atoms with Crippen molar-refractivity contribution in [3.63, 3.8) is 0 Å². The second kappa shape index (κ2) is 4.94. The molecule has 0 spiro atoms. The van der Waals surface area contributed by atoms with Gasteiger partial charge in [-0.3, -0.25) is 0 Å². The zero-order valence-electron chi connectivity index (χ0n) is 14.0. The zero-order valence-corrected chi connectivity index (χ0v) is 14.0. The summed E-state index contributed by atoms with van der Waals surface area (Å²) in [7, 11) is 0. The molecule has 0 saturated heterocycles. The van der Waals surface area contributed by atoms with Gasteiger partial charge in [-0.05, 0) is 85.9 Å². The Hall–Kier alpha value is -0.120. The Balaban J connectivity index is 1.66. The Morgan fingerprint density at radius 1 is 0.727 bits per heavy atom. The van der Waals surface area contributed by atoms with E-state index in [1.54, 1.807) is 0 Å². The van der Waals surface area contributed by atoms with E-state index in [9.17, 15) is 15.3 Å². The smallest absolute Gasteiger partial charge is 0.0596 e. The van der Waals surface area contributed by atoms with E-state index in [0.717, 1.165) is 44.9 Å². The van der Waals surface area contributed by atoms with E-state index in [-0.39, 0.29) is 35.1 Å². The topological polar surface area (TPSA) is 60.7 Å². The predicted octanol–water partition coefficient (Wildman–Crippen LogP) is 2.72. The molecule has 4 rings (SSSR count). The largest absolute Gasteiger partial charge is 0.393 e. The van der Waals surface area contributed by atoms with Crippen LogP contribution in [0, 0.1) is 34.5 Å². The highest BCUT2D eigenvalue weighted by molar-refractivity contribution is 5.11. The molecule has 0 unspecified atom stereocenters. The van der Waals surface area contributed by atoms with E-state index >= 15 is 0 Å². The summed E-state index contributed by atoms with van der Waals surface area (Å²) in [6.07, 6.45) is 7.42. The maximum atomic E-state index is 10.8. The predicted molar refractivity (Wildman–Crippen MR) is 85.1 cm³/mol. The second-order valence-corrected chi connectivity index (χ2v) is 9.36. The molecule has 0 aromatic rings. The van der Waals surface area contributed by atoms with Crippen molar-refractivity contribution in [1.29, 1.82) is 0 Å². The van der Waals surface area contributed by atoms with Gasteiger partial charge in [0.15, 0.2) is 0 Å². The van der Waals surface area contributed by atoms with E-state index in [1.165, 1.54) is 6.42 Å². The maximum absolute atomic E-state index is 10.8. The number of hydrogen-bond acceptors (Lipinski definition) is 3. The molecule has 0 radical (unpaired) electrons. The molecule has 4 fully saturated rings. The van der Waals surface area contributed by atoms with Crippen LogP contribution in [0.1, 0.15) is 65.2 Å². The van der Waals surface area contributed by atoms with Gasteiger partial charge in [-0.1, -0.05) is 13.8 Å². The van der Waals surface area contributed by atoms with Crippen LogP contribution >= 0.6 is 0 Å². The van der Waals surface area contributed by atoms with Crippen molar-refractivity contribution in [1.82, 2.24) is 0 Å². The summed E-state index contributed by atoms with van der Waals surface area (Å²) in [5, 5.41) is 31.4. The van der Waals surface area contributed by atoms with Crippen LogP contribution in [0.3, 0.4) is 0 Å². The highest BCUT2D eigenvalue weighted by Gasteiger charge is 2.61. The fourth-order valence-corrected chi connectivity index (χ4v) is 7.25. The molecule has 9 atom stereocenters. The van der Waals surface area contributed by atoms with Crippen LogP contribution in [-0.4, -0.2) is 33.6 Å². The molecule has 126 valence electrons. The summed E-state index contributed by atoms with van der Waals surface area (Å²) < 4.78 is 0. The van der Waals surface area contributed by atoms with Gasteiger partial charge in [-0.15, -0.1) is 0 Å². The Morgan fingerprint density at radius 2 is 1.41 bits per heavy atom. The van der Waals surface area contributed by atoms with Gasteiger partial charge in [0.25, 0.3) is 0 Å². The minimum atomic E-state index is -0.263. The van der Waals surface area contributed by atoms with Crippen molar-refractivity contribution in [3.8, 4) is 0 Å². The van der Waals surface area contributed by atoms with Gasteiger partial charge in [0.2, 0.25) is 0 Å². The zero-order chi connectivity index (χ0) is 15.7. The van der Waals surface area contributed by atoms with Crippen molar-refractivity contribution >= 4 is 0 Å². The molecule has 0 aliphatic heterocycles. The first-order chi connectivity index (χ1) is 10.4. The lowest BCUT2D eigenvalue weighted by Gasteiger charge is -2.61. The van der Waals surface area contributed by atoms with Gasteiger partial charge in [0, 0.05) is 0 Å². The lowest BCUT2D eigenvalue weighted by atomic mass is 9.44. The summed E-state index contributed by atoms with van der Waals surface area (Å²) >= 11 is 0. The maximum Gasteiger partial charge on any atom is 0.0596 e. The van der Waals surface area contributed by atoms with Crippen LogP contribution in [0.5, 0.6) is 0 Å². The van der Waals surface area contributed by atoms with Crippen molar-refractivity contribution in [2.75, 3.05) is 0 Å². The first kappa shape index (κ1) is 15.4. The molecule has 0 bridgehead atoms. The molecule has 0 heterocycles. The molecule has 4 saturated carbocycles. The fraction of sp³-hybridized carbons (Fsp3) is 1.00. The fourth-order valence-electron chi connectivity index (χ4n) is 7.25. The van der Waals surface area contributed by atoms with Gasteiger partial charge >= 0.3 is 0 Å². The first-order valence-electron chi connectivity index (χ1n) is 9.40. The van der Waals surface area contributed by atoms with E-state index < -0.39 is 0 Å². The van der Waals surface area contributed by atoms with Crippen LogP contribution in [-0.2, 0) is 0 Å². The molecular formula is C19H32O3. The van der Waals surface area contributed by atoms with E-state index in [2.05, 4.69) is 13.8 Å². The molecule has 22 heavy (non-hydrogen) atoms. The number of rotatable bonds is 0. The number of fused-ring (bicyclic) bond motifs is 5. The van der Waals surface area contributed by atoms with E-state index in [4.69, 9.17) is 0 Å². The van der Waals surface area contributed by atoms with Crippen LogP contribution in [0.4, 0.5) is 0 Å². The first-order valence-corrected chi connectivity index (χ1v) is 9.40. The molecule has 3 heteroatoms. The molecular weight excluding hydrogens is 276 g/mol. The monoisotopic (exact) mass is 308 g/mol. The van der Waals surface area contributed by atoms with E-state index in [0.29, 0.717) is 17.8 Å². The Bertz CT molecular complexity index is 452. The van der Waals surface area contributed by atoms with Crippen LogP contribution < -0.4 is 0 Å². The highest BCUT2D eigenvalue weighted by atomic mass is 16.3. The van der Waals surface area contributed by atoms with Gasteiger partial charge in [0.05, 0.1) is 18.3 Å². The van der Waals surface area contributed by atoms with Gasteiger partial charge in [-0.25, -0.2) is 0 Å². The molecule has 3 nitrogen and oxygen atoms in total. The number of aliphatic hydroxyl groups is 3. The normalized spacial score (nSPS) is 61.2. The third kappa shape index (κ3) is 1.91. The summed E-state index contributed by atoms with van der Waals surface area (Å²) in [6, 6.07) is 0. The average molecular weight is 308 g/mol. The minimum absolute atomic E-state index is 0.0816. The molecule has 0 amide bonds. The van der Waals surface area contributed by atoms with Crippen molar-refractivity contribution in [2.45, 2.75) is 83.5 Å². The summed E-state index contributed by atoms with van der Waals surface area (Å²) in [4.78, 5) is 0. The van der Waals surface area contributed by atoms with Gasteiger partial charge < -0.3 is 15.3 Å². The van der Waals surface area contributed by atoms with Crippen molar-refractivity contribution in [2.24, 2.45) is 34.5 Å². The lowest BCUT2D eigenvalue weighted by Crippen LogP contribution is -2.58. The summed E-state index contributed by atoms with van der Waals surface area (Å²) in [5.74, 6) is 2.10. The average Bonchev–Trinajstić information content (AvgIpc) is 2.77. The van der Waals surface area contributed by atoms with Gasteiger partial charge in [0.1, 0.15) is 0 Å². The Morgan fingerprint density at radius 3 is 2.18 bits per heavy atom. The summed E-state index contributed by atoms with van der Waals surface area (Å²) in [6.45, 7) is 4.68. The third-order valence-corrected chi connectivity index (χ3v) is 8.60. The molecule has 0 aromatic heterocycles. The SMILES string of the molecule is C[C@]12CC[C@H](O)C[C@@H]1[C@H](O)C[C@@H]1[C@H]2CC[C@]2(C)[C@@H](O)CC[C@@H]12. The van der Waals surface area contributed by atoms with Crippen molar-refractivity contribution < 1.29 is 15.3 Å². The van der Waals surface area contributed by atoms with Gasteiger partial charge in [-0.2, -0.15) is 0 Å². The minimum Gasteiger partial charge on any atom is -0.393 e. The number of hydrogen-bond donors (Lipinski definition) is 3. The van der Waals surface area contributed by atoms with Crippen LogP contribution in [0.2, 0.25) is 0 Å². The molecule has 3 N–H and O–H groups in total. The molecule has 4 aliphatic rings. The molecule has 0 aromatic carbocycles. The van der Waals surface area contributed by atoms with Crippen LogP contribution in [0.15, 0.2) is 0 Å². The Labute approximate surface area is 134 Å². The quantitative estimate of drug-likeness (QED) is 0.645. The van der Waals surface area contributed by atoms with Crippen molar-refractivity contribution in [3.05, 3.63) is 0 Å². The standard InChI is InChI=1S/C19H32O3/c1-18-7-5-11(20)9-15(18)16(21)10-12-13-3-4-17(22)19(13,2)8-6-14(12)18/h11-17,20-22H,3-10H2,1-2H3/t11-,12-,13-,14+,15+,16+,17-,18+,19-/m0/s1. The van der Waals surface area contributed by atoms with Crippen LogP contribution in [0.25, 0.3) is 0 Å². The Kier molecular flexibility index (Phi) is 3.46. The van der Waals surface area contributed by atoms with E-state index in [1.807, 2.05) is 0 Å². The second-order valence-electron chi connectivity index (χ2n) is 9.36. The number of aliphatic hydroxyl groups excluding tert-OH is 3. The molecule has 4 aliphatic carbocycles. The third-order valence-electron chi connectivity index (χ3n) is 8.60. The lowest BCUT2D eigenvalue weighted by molar-refractivity contribution is -0.174.